The van der Waals surface area contributed by atoms with Crippen molar-refractivity contribution in [2.75, 3.05) is 0 Å². The van der Waals surface area contributed by atoms with Crippen LogP contribution in [0.1, 0.15) is 0 Å². The van der Waals surface area contributed by atoms with Gasteiger partial charge in [0.25, 0.3) is 11.4 Å². The summed E-state index contributed by atoms with van der Waals surface area (Å²) < 4.78 is 56.7. The van der Waals surface area contributed by atoms with E-state index in [4.69, 9.17) is 23.7 Å². The van der Waals surface area contributed by atoms with Gasteiger partial charge in [-0.15, -0.1) is 0 Å². The second kappa shape index (κ2) is 7.18. The van der Waals surface area contributed by atoms with E-state index in [0.29, 0.717) is 24.3 Å². The maximum absolute atomic E-state index is 14.3. The van der Waals surface area contributed by atoms with Crippen molar-refractivity contribution in [1.82, 2.24) is 0 Å². The van der Waals surface area contributed by atoms with Crippen LogP contribution in [0.4, 0.5) is 17.6 Å². The number of hydrogen-bond donors (Lipinski definition) is 0. The summed E-state index contributed by atoms with van der Waals surface area (Å²) in [5.41, 5.74) is -1.39. The van der Waals surface area contributed by atoms with Gasteiger partial charge in [-0.05, 0) is 24.3 Å². The van der Waals surface area contributed by atoms with Gasteiger partial charge in [-0.3, -0.25) is 0 Å². The van der Waals surface area contributed by atoms with Gasteiger partial charge >= 0.3 is 0 Å². The molecular formula is C18H4F4N4. The van der Waals surface area contributed by atoms with Gasteiger partial charge in [0, 0.05) is 20.9 Å². The van der Waals surface area contributed by atoms with Crippen LogP contribution >= 0.6 is 0 Å². The molecule has 0 aliphatic heterocycles. The van der Waals surface area contributed by atoms with Crippen molar-refractivity contribution >= 4 is 11.4 Å². The van der Waals surface area contributed by atoms with E-state index in [9.17, 15) is 17.6 Å². The highest BCUT2D eigenvalue weighted by Gasteiger charge is 2.10. The number of halogens is 4. The van der Waals surface area contributed by atoms with Gasteiger partial charge in [-0.1, -0.05) is 0 Å². The summed E-state index contributed by atoms with van der Waals surface area (Å²) in [5.74, 6) is -4.69. The minimum atomic E-state index is -1.18. The molecule has 0 saturated carbocycles. The van der Waals surface area contributed by atoms with Gasteiger partial charge in [0.05, 0.1) is 25.3 Å². The first-order chi connectivity index (χ1) is 12.4. The van der Waals surface area contributed by atoms with Crippen LogP contribution in [0.25, 0.3) is 21.1 Å². The summed E-state index contributed by atoms with van der Waals surface area (Å²) in [7, 11) is 0. The van der Waals surface area contributed by atoms with Gasteiger partial charge in [-0.25, -0.2) is 37.8 Å². The minimum absolute atomic E-state index is 0.536. The molecule has 124 valence electrons. The lowest BCUT2D eigenvalue weighted by Crippen LogP contribution is -2.13. The van der Waals surface area contributed by atoms with Crippen LogP contribution in [-0.4, -0.2) is 0 Å². The highest BCUT2D eigenvalue weighted by molar-refractivity contribution is 5.66. The first-order valence-electron chi connectivity index (χ1n) is 6.66. The zero-order valence-corrected chi connectivity index (χ0v) is 12.6. The summed E-state index contributed by atoms with van der Waals surface area (Å²) in [6.07, 6.45) is 0. The van der Waals surface area contributed by atoms with Crippen LogP contribution in [0.15, 0.2) is 24.3 Å². The maximum Gasteiger partial charge on any atom is 0.271 e. The van der Waals surface area contributed by atoms with Crippen molar-refractivity contribution in [2.45, 2.75) is 0 Å². The Labute approximate surface area is 143 Å². The van der Waals surface area contributed by atoms with Crippen LogP contribution in [-0.2, 0) is 0 Å². The molecule has 0 aromatic heterocycles. The molecule has 2 aromatic carbocycles. The second-order valence-corrected chi connectivity index (χ2v) is 4.77. The zero-order valence-electron chi connectivity index (χ0n) is 12.6. The van der Waals surface area contributed by atoms with Crippen LogP contribution in [0.2, 0.25) is 0 Å². The van der Waals surface area contributed by atoms with Gasteiger partial charge < -0.3 is 0 Å². The van der Waals surface area contributed by atoms with Gasteiger partial charge in [0.1, 0.15) is 23.3 Å². The number of nitrogens with zero attached hydrogens (tertiary/aromatic N) is 4. The molecule has 4 nitrogen and oxygen atoms in total. The molecule has 0 atom stereocenters. The van der Waals surface area contributed by atoms with Gasteiger partial charge in [-0.2, -0.15) is 0 Å². The molecule has 0 spiro atoms. The van der Waals surface area contributed by atoms with Crippen LogP contribution < -0.4 is 10.4 Å². The Morgan fingerprint density at radius 1 is 0.692 bits per heavy atom. The van der Waals surface area contributed by atoms with Crippen LogP contribution in [0.5, 0.6) is 0 Å². The summed E-state index contributed by atoms with van der Waals surface area (Å²) >= 11 is 0. The number of nitriles is 2. The average molecular weight is 352 g/mol. The normalized spacial score (nSPS) is 13.5. The fourth-order valence-corrected chi connectivity index (χ4v) is 2.16. The molecule has 26 heavy (non-hydrogen) atoms. The second-order valence-electron chi connectivity index (χ2n) is 4.77. The van der Waals surface area contributed by atoms with E-state index in [2.05, 4.69) is 9.69 Å². The van der Waals surface area contributed by atoms with E-state index in [0.717, 1.165) is 0 Å². The first-order valence-corrected chi connectivity index (χ1v) is 6.66. The molecule has 0 fully saturated rings. The number of benzene rings is 2. The Kier molecular flexibility index (Phi) is 5.02. The molecule has 0 heterocycles. The van der Waals surface area contributed by atoms with Gasteiger partial charge in [0.15, 0.2) is 0 Å². The lowest BCUT2D eigenvalue weighted by molar-refractivity contribution is 0.571. The topological polar surface area (TPSA) is 56.3 Å². The third-order valence-corrected chi connectivity index (χ3v) is 3.35. The summed E-state index contributed by atoms with van der Waals surface area (Å²) in [6, 6.07) is 4.97. The predicted octanol–water partition coefficient (Wildman–Crippen LogP) is 2.63. The quantitative estimate of drug-likeness (QED) is 0.541. The third-order valence-electron chi connectivity index (χ3n) is 3.35. The molecule has 0 saturated heterocycles. The Balaban J connectivity index is 3.10. The van der Waals surface area contributed by atoms with Crippen molar-refractivity contribution in [1.29, 1.82) is 10.5 Å². The van der Waals surface area contributed by atoms with Crippen LogP contribution in [0, 0.1) is 69.5 Å². The van der Waals surface area contributed by atoms with Crippen molar-refractivity contribution in [3.8, 4) is 12.1 Å². The zero-order chi connectivity index (χ0) is 19.4. The first kappa shape index (κ1) is 18.2. The largest absolute Gasteiger partial charge is 0.271 e. The molecule has 0 radical (unpaired) electrons. The minimum Gasteiger partial charge on any atom is -0.226 e. The smallest absolute Gasteiger partial charge is 0.226 e. The molecule has 2 rings (SSSR count). The highest BCUT2D eigenvalue weighted by atomic mass is 19.1. The monoisotopic (exact) mass is 352 g/mol. The van der Waals surface area contributed by atoms with Crippen molar-refractivity contribution in [3.05, 3.63) is 91.2 Å². The molecule has 0 unspecified atom stereocenters. The fraction of sp³-hybridized carbons (Fsp3) is 0. The Morgan fingerprint density at radius 3 is 1.31 bits per heavy atom. The molecule has 2 aromatic rings. The predicted molar refractivity (Wildman–Crippen MR) is 80.9 cm³/mol. The summed E-state index contributed by atoms with van der Waals surface area (Å²) in [5, 5.41) is 15.0. The van der Waals surface area contributed by atoms with Crippen molar-refractivity contribution in [2.24, 2.45) is 0 Å². The van der Waals surface area contributed by atoms with E-state index in [1.54, 1.807) is 0 Å². The lowest BCUT2D eigenvalue weighted by atomic mass is 10.1. The molecule has 0 aliphatic rings. The third kappa shape index (κ3) is 3.08. The Hall–Kier alpha value is -4.14. The average Bonchev–Trinajstić information content (AvgIpc) is 2.62. The molecule has 0 amide bonds. The van der Waals surface area contributed by atoms with E-state index in [1.807, 2.05) is 0 Å². The molecular weight excluding hydrogens is 348 g/mol. The highest BCUT2D eigenvalue weighted by Crippen LogP contribution is 2.09. The molecule has 8 heteroatoms. The number of hydrogen-bond acceptors (Lipinski definition) is 2. The van der Waals surface area contributed by atoms with E-state index < -0.39 is 55.5 Å². The fourth-order valence-electron chi connectivity index (χ4n) is 2.16. The Morgan fingerprint density at radius 2 is 1.04 bits per heavy atom. The lowest BCUT2D eigenvalue weighted by Gasteiger charge is -1.99. The molecule has 0 N–H and O–H groups in total. The maximum atomic E-state index is 14.3. The van der Waals surface area contributed by atoms with Crippen LogP contribution in [0.3, 0.4) is 0 Å². The molecule has 0 bridgehead atoms. The Bertz CT molecular complexity index is 1180. The summed E-state index contributed by atoms with van der Waals surface area (Å²) in [6.45, 7) is 13.5. The van der Waals surface area contributed by atoms with Crippen molar-refractivity contribution in [3.63, 3.8) is 0 Å². The van der Waals surface area contributed by atoms with E-state index >= 15 is 0 Å². The van der Waals surface area contributed by atoms with E-state index in [-0.39, 0.29) is 0 Å². The standard InChI is InChI=1S/C18H4F4N4/c1-25-17(7-23)11-5-13(19)9(3-15(11)21)10-4-16(22)12(6-14(10)20)18(8-24)26-2/h3-6H/b10-9+,17-11-,18-12+. The summed E-state index contributed by atoms with van der Waals surface area (Å²) in [4.78, 5) is 5.53. The molecule has 0 aliphatic carbocycles. The van der Waals surface area contributed by atoms with E-state index in [1.165, 1.54) is 12.1 Å². The number of rotatable bonds is 0. The van der Waals surface area contributed by atoms with Crippen molar-refractivity contribution < 1.29 is 17.6 Å². The SMILES string of the molecule is [C-]#[N+]/C(C#N)=c1/cc(F)/c(=c2\cc(F)/c(=C(\C#N)[N+]#[C-])cc2F)cc1F. The van der Waals surface area contributed by atoms with Gasteiger partial charge in [0.2, 0.25) is 0 Å².